The van der Waals surface area contributed by atoms with Crippen molar-refractivity contribution >= 4 is 33.3 Å². The number of hydrogen-bond acceptors (Lipinski definition) is 5. The van der Waals surface area contributed by atoms with Crippen LogP contribution in [0.1, 0.15) is 27.7 Å². The summed E-state index contributed by atoms with van der Waals surface area (Å²) < 4.78 is 25.1. The Morgan fingerprint density at radius 3 is 2.55 bits per heavy atom. The van der Waals surface area contributed by atoms with Crippen molar-refractivity contribution in [3.05, 3.63) is 64.3 Å². The fourth-order valence-electron chi connectivity index (χ4n) is 2.98. The zero-order chi connectivity index (χ0) is 21.0. The van der Waals surface area contributed by atoms with Gasteiger partial charge in [-0.05, 0) is 55.7 Å². The number of esters is 1. The van der Waals surface area contributed by atoms with Crippen molar-refractivity contribution in [2.75, 3.05) is 13.7 Å². The Balaban J connectivity index is 1.55. The van der Waals surface area contributed by atoms with Crippen molar-refractivity contribution < 1.29 is 23.5 Å². The zero-order valence-electron chi connectivity index (χ0n) is 16.5. The molecule has 0 aliphatic heterocycles. The number of amides is 1. The van der Waals surface area contributed by atoms with Crippen LogP contribution in [0.2, 0.25) is 0 Å². The van der Waals surface area contributed by atoms with Gasteiger partial charge >= 0.3 is 5.97 Å². The van der Waals surface area contributed by atoms with Gasteiger partial charge in [0.25, 0.3) is 5.91 Å². The van der Waals surface area contributed by atoms with E-state index in [0.29, 0.717) is 33.5 Å². The minimum absolute atomic E-state index is 0.308. The number of aryl methyl sites for hydroxylation is 1. The lowest BCUT2D eigenvalue weighted by Crippen LogP contribution is -2.36. The van der Waals surface area contributed by atoms with Crippen LogP contribution >= 0.6 is 11.3 Å². The molecule has 0 aliphatic carbocycles. The molecule has 1 heterocycles. The molecule has 0 fully saturated rings. The van der Waals surface area contributed by atoms with Crippen LogP contribution in [-0.2, 0) is 16.0 Å². The quantitative estimate of drug-likeness (QED) is 0.586. The van der Waals surface area contributed by atoms with E-state index in [-0.39, 0.29) is 11.7 Å². The topological polar surface area (TPSA) is 64.6 Å². The first-order valence-electron chi connectivity index (χ1n) is 9.20. The van der Waals surface area contributed by atoms with E-state index in [1.165, 1.54) is 13.0 Å². The third-order valence-corrected chi connectivity index (χ3v) is 5.85. The molecule has 1 atom stereocenters. The highest BCUT2D eigenvalue weighted by Gasteiger charge is 2.23. The first-order chi connectivity index (χ1) is 13.9. The highest BCUT2D eigenvalue weighted by molar-refractivity contribution is 7.21. The second-order valence-electron chi connectivity index (χ2n) is 6.61. The third-order valence-electron chi connectivity index (χ3n) is 4.61. The Kier molecular flexibility index (Phi) is 6.49. The predicted molar refractivity (Wildman–Crippen MR) is 111 cm³/mol. The van der Waals surface area contributed by atoms with E-state index in [1.807, 2.05) is 24.3 Å². The van der Waals surface area contributed by atoms with E-state index in [2.05, 4.69) is 5.32 Å². The summed E-state index contributed by atoms with van der Waals surface area (Å²) in [7, 11) is 1.61. The van der Waals surface area contributed by atoms with E-state index >= 15 is 0 Å². The van der Waals surface area contributed by atoms with E-state index in [4.69, 9.17) is 9.47 Å². The van der Waals surface area contributed by atoms with Crippen molar-refractivity contribution in [3.8, 4) is 5.75 Å². The Morgan fingerprint density at radius 2 is 1.90 bits per heavy atom. The largest absolute Gasteiger partial charge is 0.497 e. The Labute approximate surface area is 172 Å². The molecule has 3 rings (SSSR count). The minimum atomic E-state index is -0.951. The number of thiophene rings is 1. The normalized spacial score (nSPS) is 11.9. The van der Waals surface area contributed by atoms with Gasteiger partial charge in [-0.15, -0.1) is 11.3 Å². The number of fused-ring (bicyclic) bond motifs is 1. The molecule has 1 amide bonds. The molecular formula is C22H22FNO4S. The van der Waals surface area contributed by atoms with Crippen LogP contribution < -0.4 is 10.1 Å². The maximum atomic E-state index is 14.0. The third kappa shape index (κ3) is 4.74. The van der Waals surface area contributed by atoms with Gasteiger partial charge in [0.2, 0.25) is 0 Å². The summed E-state index contributed by atoms with van der Waals surface area (Å²) in [6.45, 7) is 3.61. The van der Waals surface area contributed by atoms with Gasteiger partial charge in [-0.25, -0.2) is 9.18 Å². The number of benzene rings is 2. The number of hydrogen-bond donors (Lipinski definition) is 1. The van der Waals surface area contributed by atoms with Crippen LogP contribution in [0.4, 0.5) is 4.39 Å². The molecule has 5 nitrogen and oxygen atoms in total. The molecule has 2 aromatic carbocycles. The smallest absolute Gasteiger partial charge is 0.349 e. The van der Waals surface area contributed by atoms with Gasteiger partial charge in [0.1, 0.15) is 16.4 Å². The van der Waals surface area contributed by atoms with E-state index < -0.39 is 12.1 Å². The standard InChI is InChI=1S/C22H22FNO4S/c1-13-19-17(23)5-4-6-18(19)29-20(13)22(26)28-14(2)21(25)24-12-11-15-7-9-16(27-3)10-8-15/h4-10,14H,11-12H2,1-3H3,(H,24,25)/t14-/m0/s1. The average molecular weight is 415 g/mol. The van der Waals surface area contributed by atoms with Crippen molar-refractivity contribution in [2.45, 2.75) is 26.4 Å². The maximum Gasteiger partial charge on any atom is 0.349 e. The molecule has 7 heteroatoms. The summed E-state index contributed by atoms with van der Waals surface area (Å²) in [6, 6.07) is 12.3. The van der Waals surface area contributed by atoms with Gasteiger partial charge in [0, 0.05) is 16.6 Å². The summed E-state index contributed by atoms with van der Waals surface area (Å²) >= 11 is 1.16. The Hall–Kier alpha value is -2.93. The monoisotopic (exact) mass is 415 g/mol. The van der Waals surface area contributed by atoms with Gasteiger partial charge in [-0.3, -0.25) is 4.79 Å². The van der Waals surface area contributed by atoms with Crippen LogP contribution in [0, 0.1) is 12.7 Å². The first kappa shape index (κ1) is 20.8. The van der Waals surface area contributed by atoms with Crippen LogP contribution in [0.15, 0.2) is 42.5 Å². The molecular weight excluding hydrogens is 393 g/mol. The average Bonchev–Trinajstić information content (AvgIpc) is 3.06. The van der Waals surface area contributed by atoms with Crippen LogP contribution in [-0.4, -0.2) is 31.6 Å². The summed E-state index contributed by atoms with van der Waals surface area (Å²) in [4.78, 5) is 25.0. The molecule has 0 bridgehead atoms. The fraction of sp³-hybridized carbons (Fsp3) is 0.273. The molecule has 29 heavy (non-hydrogen) atoms. The van der Waals surface area contributed by atoms with Crippen molar-refractivity contribution in [1.82, 2.24) is 5.32 Å². The van der Waals surface area contributed by atoms with Crippen molar-refractivity contribution in [3.63, 3.8) is 0 Å². The van der Waals surface area contributed by atoms with Gasteiger partial charge in [-0.2, -0.15) is 0 Å². The van der Waals surface area contributed by atoms with Crippen molar-refractivity contribution in [2.24, 2.45) is 0 Å². The number of carbonyl (C=O) groups is 2. The van der Waals surface area contributed by atoms with Crippen LogP contribution in [0.25, 0.3) is 10.1 Å². The molecule has 0 saturated heterocycles. The first-order valence-corrected chi connectivity index (χ1v) is 10.0. The molecule has 0 saturated carbocycles. The molecule has 0 spiro atoms. The molecule has 0 aliphatic rings. The van der Waals surface area contributed by atoms with E-state index in [1.54, 1.807) is 26.2 Å². The minimum Gasteiger partial charge on any atom is -0.497 e. The van der Waals surface area contributed by atoms with Gasteiger partial charge < -0.3 is 14.8 Å². The molecule has 0 unspecified atom stereocenters. The molecule has 1 aromatic heterocycles. The lowest BCUT2D eigenvalue weighted by molar-refractivity contribution is -0.129. The number of halogens is 1. The lowest BCUT2D eigenvalue weighted by Gasteiger charge is -2.13. The van der Waals surface area contributed by atoms with Gasteiger partial charge in [0.05, 0.1) is 7.11 Å². The molecule has 152 valence electrons. The summed E-state index contributed by atoms with van der Waals surface area (Å²) in [5, 5.41) is 3.18. The molecule has 3 aromatic rings. The Bertz CT molecular complexity index is 1030. The maximum absolute atomic E-state index is 14.0. The van der Waals surface area contributed by atoms with Gasteiger partial charge in [-0.1, -0.05) is 18.2 Å². The Morgan fingerprint density at radius 1 is 1.17 bits per heavy atom. The van der Waals surface area contributed by atoms with Gasteiger partial charge in [0.15, 0.2) is 6.10 Å². The highest BCUT2D eigenvalue weighted by atomic mass is 32.1. The summed E-state index contributed by atoms with van der Waals surface area (Å²) in [6.07, 6.45) is -0.307. The molecule has 1 N–H and O–H groups in total. The van der Waals surface area contributed by atoms with E-state index in [0.717, 1.165) is 22.6 Å². The highest BCUT2D eigenvalue weighted by Crippen LogP contribution is 2.33. The summed E-state index contributed by atoms with van der Waals surface area (Å²) in [5.41, 5.74) is 1.58. The number of carbonyl (C=O) groups excluding carboxylic acids is 2. The number of rotatable bonds is 7. The zero-order valence-corrected chi connectivity index (χ0v) is 17.3. The number of ether oxygens (including phenoxy) is 2. The van der Waals surface area contributed by atoms with Crippen molar-refractivity contribution in [1.29, 1.82) is 0 Å². The van der Waals surface area contributed by atoms with Crippen LogP contribution in [0.5, 0.6) is 5.75 Å². The molecule has 0 radical (unpaired) electrons. The second-order valence-corrected chi connectivity index (χ2v) is 7.66. The SMILES string of the molecule is COc1ccc(CCNC(=O)[C@H](C)OC(=O)c2sc3cccc(F)c3c2C)cc1. The number of methoxy groups -OCH3 is 1. The second kappa shape index (κ2) is 9.05. The lowest BCUT2D eigenvalue weighted by atomic mass is 10.1. The van der Waals surface area contributed by atoms with Crippen LogP contribution in [0.3, 0.4) is 0 Å². The fourth-order valence-corrected chi connectivity index (χ4v) is 4.09. The number of nitrogens with one attached hydrogen (secondary N) is 1. The van der Waals surface area contributed by atoms with E-state index in [9.17, 15) is 14.0 Å². The summed E-state index contributed by atoms with van der Waals surface area (Å²) in [5.74, 6) is -0.605. The predicted octanol–water partition coefficient (Wildman–Crippen LogP) is 4.26.